The van der Waals surface area contributed by atoms with E-state index in [1.54, 1.807) is 5.06 Å². The lowest BCUT2D eigenvalue weighted by atomic mass is 10.2. The lowest BCUT2D eigenvalue weighted by Crippen LogP contribution is -2.37. The molecular formula is C10H16N2O2. The Morgan fingerprint density at radius 2 is 2.43 bits per heavy atom. The Morgan fingerprint density at radius 1 is 1.57 bits per heavy atom. The van der Waals surface area contributed by atoms with E-state index in [0.29, 0.717) is 12.5 Å². The minimum atomic E-state index is -0.0598. The van der Waals surface area contributed by atoms with Crippen molar-refractivity contribution in [3.63, 3.8) is 0 Å². The van der Waals surface area contributed by atoms with Crippen molar-refractivity contribution in [2.45, 2.75) is 43.7 Å². The monoisotopic (exact) mass is 196 g/mol. The first kappa shape index (κ1) is 8.68. The molecule has 3 rings (SSSR count). The number of hydrogen-bond acceptors (Lipinski definition) is 3. The highest BCUT2D eigenvalue weighted by Gasteiger charge is 2.54. The van der Waals surface area contributed by atoms with Gasteiger partial charge in [-0.25, -0.2) is 5.06 Å². The number of amides is 1. The Labute approximate surface area is 83.5 Å². The van der Waals surface area contributed by atoms with Gasteiger partial charge in [0, 0.05) is 6.04 Å². The summed E-state index contributed by atoms with van der Waals surface area (Å²) >= 11 is 0. The molecule has 1 atom stereocenters. The van der Waals surface area contributed by atoms with Gasteiger partial charge >= 0.3 is 0 Å². The topological polar surface area (TPSA) is 41.6 Å². The number of hydrogen-bond donors (Lipinski definition) is 1. The molecule has 2 saturated heterocycles. The van der Waals surface area contributed by atoms with Crippen LogP contribution < -0.4 is 5.32 Å². The van der Waals surface area contributed by atoms with E-state index in [-0.39, 0.29) is 11.5 Å². The zero-order valence-electron chi connectivity index (χ0n) is 8.29. The van der Waals surface area contributed by atoms with Gasteiger partial charge in [-0.1, -0.05) is 0 Å². The lowest BCUT2D eigenvalue weighted by molar-refractivity contribution is -0.179. The number of carbonyl (C=O) groups excluding carboxylic acids is 1. The normalized spacial score (nSPS) is 34.4. The Balaban J connectivity index is 1.59. The summed E-state index contributed by atoms with van der Waals surface area (Å²) in [5.41, 5.74) is -0.0598. The molecule has 14 heavy (non-hydrogen) atoms. The summed E-state index contributed by atoms with van der Waals surface area (Å²) in [7, 11) is 0. The first-order chi connectivity index (χ1) is 6.77. The molecule has 0 aromatic heterocycles. The van der Waals surface area contributed by atoms with Gasteiger partial charge in [0.2, 0.25) is 5.91 Å². The molecule has 1 N–H and O–H groups in total. The van der Waals surface area contributed by atoms with E-state index in [1.165, 1.54) is 12.8 Å². The van der Waals surface area contributed by atoms with E-state index in [9.17, 15) is 4.79 Å². The molecule has 3 fully saturated rings. The summed E-state index contributed by atoms with van der Waals surface area (Å²) < 4.78 is 0. The van der Waals surface area contributed by atoms with Gasteiger partial charge in [-0.3, -0.25) is 9.63 Å². The van der Waals surface area contributed by atoms with Crippen LogP contribution >= 0.6 is 0 Å². The number of nitrogens with one attached hydrogen (secondary N) is 1. The maximum atomic E-state index is 11.6. The number of nitrogens with zero attached hydrogens (tertiary/aromatic N) is 1. The van der Waals surface area contributed by atoms with E-state index in [1.807, 2.05) is 0 Å². The fraction of sp³-hybridized carbons (Fsp3) is 0.900. The Kier molecular flexibility index (Phi) is 1.82. The van der Waals surface area contributed by atoms with Crippen molar-refractivity contribution in [1.29, 1.82) is 0 Å². The maximum Gasteiger partial charge on any atom is 0.249 e. The van der Waals surface area contributed by atoms with Crippen LogP contribution in [-0.4, -0.2) is 35.7 Å². The van der Waals surface area contributed by atoms with Crippen molar-refractivity contribution < 1.29 is 9.63 Å². The highest BCUT2D eigenvalue weighted by molar-refractivity contribution is 5.78. The summed E-state index contributed by atoms with van der Waals surface area (Å²) in [5, 5.41) is 4.97. The Bertz CT molecular complexity index is 257. The second-order valence-corrected chi connectivity index (χ2v) is 4.70. The van der Waals surface area contributed by atoms with Crippen LogP contribution in [0.25, 0.3) is 0 Å². The average molecular weight is 196 g/mol. The molecule has 0 aromatic carbocycles. The van der Waals surface area contributed by atoms with Gasteiger partial charge in [-0.2, -0.15) is 0 Å². The second-order valence-electron chi connectivity index (χ2n) is 4.70. The van der Waals surface area contributed by atoms with E-state index in [4.69, 9.17) is 4.84 Å². The summed E-state index contributed by atoms with van der Waals surface area (Å²) in [6, 6.07) is 0.452. The van der Waals surface area contributed by atoms with Gasteiger partial charge < -0.3 is 5.32 Å². The molecule has 78 valence electrons. The van der Waals surface area contributed by atoms with E-state index in [2.05, 4.69) is 5.32 Å². The molecular weight excluding hydrogens is 180 g/mol. The Morgan fingerprint density at radius 3 is 3.00 bits per heavy atom. The minimum absolute atomic E-state index is 0.0598. The Hall–Kier alpha value is -0.610. The molecule has 0 radical (unpaired) electrons. The molecule has 3 aliphatic rings. The van der Waals surface area contributed by atoms with Gasteiger partial charge in [0.05, 0.1) is 13.0 Å². The van der Waals surface area contributed by atoms with Crippen LogP contribution in [0.5, 0.6) is 0 Å². The SMILES string of the molecule is O=C1CC2(CC2)ON1CC1CCCN1. The molecule has 0 aromatic rings. The van der Waals surface area contributed by atoms with Gasteiger partial charge in [-0.05, 0) is 32.2 Å². The first-order valence-electron chi connectivity index (χ1n) is 5.50. The van der Waals surface area contributed by atoms with Crippen LogP contribution in [0.15, 0.2) is 0 Å². The van der Waals surface area contributed by atoms with Crippen molar-refractivity contribution in [2.75, 3.05) is 13.1 Å². The van der Waals surface area contributed by atoms with Crippen molar-refractivity contribution >= 4 is 5.91 Å². The number of hydroxylamine groups is 2. The van der Waals surface area contributed by atoms with Crippen LogP contribution in [0.1, 0.15) is 32.1 Å². The molecule has 4 heteroatoms. The van der Waals surface area contributed by atoms with Crippen molar-refractivity contribution in [2.24, 2.45) is 0 Å². The molecule has 1 amide bonds. The highest BCUT2D eigenvalue weighted by atomic mass is 16.7. The third-order valence-corrected chi connectivity index (χ3v) is 3.41. The van der Waals surface area contributed by atoms with Gasteiger partial charge in [0.25, 0.3) is 0 Å². The molecule has 2 heterocycles. The summed E-state index contributed by atoms with van der Waals surface area (Å²) in [4.78, 5) is 17.3. The standard InChI is InChI=1S/C10H16N2O2/c13-9-6-10(3-4-10)14-12(9)7-8-2-1-5-11-8/h8,11H,1-7H2. The van der Waals surface area contributed by atoms with Crippen molar-refractivity contribution in [3.8, 4) is 0 Å². The second kappa shape index (κ2) is 2.94. The predicted molar refractivity (Wildman–Crippen MR) is 50.4 cm³/mol. The zero-order valence-corrected chi connectivity index (χ0v) is 8.29. The quantitative estimate of drug-likeness (QED) is 0.696. The van der Waals surface area contributed by atoms with Gasteiger partial charge in [0.1, 0.15) is 5.60 Å². The van der Waals surface area contributed by atoms with Crippen LogP contribution in [0.2, 0.25) is 0 Å². The molecule has 4 nitrogen and oxygen atoms in total. The fourth-order valence-corrected chi connectivity index (χ4v) is 2.34. The van der Waals surface area contributed by atoms with E-state index in [0.717, 1.165) is 25.9 Å². The molecule has 1 saturated carbocycles. The number of carbonyl (C=O) groups is 1. The third-order valence-electron chi connectivity index (χ3n) is 3.41. The van der Waals surface area contributed by atoms with E-state index >= 15 is 0 Å². The molecule has 1 unspecified atom stereocenters. The predicted octanol–water partition coefficient (Wildman–Crippen LogP) is 0.435. The highest BCUT2D eigenvalue weighted by Crippen LogP contribution is 2.47. The zero-order chi connectivity index (χ0) is 9.60. The largest absolute Gasteiger partial charge is 0.312 e. The van der Waals surface area contributed by atoms with Crippen LogP contribution in [0.4, 0.5) is 0 Å². The smallest absolute Gasteiger partial charge is 0.249 e. The summed E-state index contributed by atoms with van der Waals surface area (Å²) in [6.45, 7) is 1.82. The molecule has 1 aliphatic carbocycles. The number of rotatable bonds is 2. The summed E-state index contributed by atoms with van der Waals surface area (Å²) in [6.07, 6.45) is 5.12. The first-order valence-corrected chi connectivity index (χ1v) is 5.50. The van der Waals surface area contributed by atoms with Crippen LogP contribution in [0, 0.1) is 0 Å². The minimum Gasteiger partial charge on any atom is -0.312 e. The summed E-state index contributed by atoms with van der Waals surface area (Å²) in [5.74, 6) is 0.177. The molecule has 1 spiro atoms. The fourth-order valence-electron chi connectivity index (χ4n) is 2.34. The van der Waals surface area contributed by atoms with Crippen LogP contribution in [-0.2, 0) is 9.63 Å². The lowest BCUT2D eigenvalue weighted by Gasteiger charge is -2.19. The van der Waals surface area contributed by atoms with Crippen molar-refractivity contribution in [1.82, 2.24) is 10.4 Å². The van der Waals surface area contributed by atoms with Crippen LogP contribution in [0.3, 0.4) is 0 Å². The maximum absolute atomic E-state index is 11.6. The van der Waals surface area contributed by atoms with Crippen molar-refractivity contribution in [3.05, 3.63) is 0 Å². The van der Waals surface area contributed by atoms with E-state index < -0.39 is 0 Å². The molecule has 2 aliphatic heterocycles. The van der Waals surface area contributed by atoms with Gasteiger partial charge in [-0.15, -0.1) is 0 Å². The average Bonchev–Trinajstić information content (AvgIpc) is 2.62. The third kappa shape index (κ3) is 1.42. The molecule has 0 bridgehead atoms. The van der Waals surface area contributed by atoms with Gasteiger partial charge in [0.15, 0.2) is 0 Å².